The predicted molar refractivity (Wildman–Crippen MR) is 56.5 cm³/mol. The van der Waals surface area contributed by atoms with Gasteiger partial charge in [0.1, 0.15) is 12.4 Å². The van der Waals surface area contributed by atoms with Gasteiger partial charge in [0.25, 0.3) is 0 Å². The molecule has 0 aliphatic rings. The molecule has 1 rings (SSSR count). The van der Waals surface area contributed by atoms with E-state index in [9.17, 15) is 13.2 Å². The fourth-order valence-electron chi connectivity index (χ4n) is 1.18. The molecule has 1 aromatic carbocycles. The van der Waals surface area contributed by atoms with Crippen LogP contribution in [0.25, 0.3) is 0 Å². The zero-order chi connectivity index (χ0) is 12.9. The molecule has 1 aromatic rings. The van der Waals surface area contributed by atoms with Crippen LogP contribution in [0.15, 0.2) is 24.3 Å². The fourth-order valence-corrected chi connectivity index (χ4v) is 1.18. The van der Waals surface area contributed by atoms with E-state index in [-0.39, 0.29) is 12.6 Å². The van der Waals surface area contributed by atoms with Crippen LogP contribution in [0.5, 0.6) is 5.75 Å². The summed E-state index contributed by atoms with van der Waals surface area (Å²) in [6.45, 7) is 1.16. The summed E-state index contributed by atoms with van der Waals surface area (Å²) < 4.78 is 43.5. The molecule has 0 aromatic heterocycles. The third-order valence-electron chi connectivity index (χ3n) is 2.02. The van der Waals surface area contributed by atoms with Crippen LogP contribution < -0.4 is 10.5 Å². The normalized spacial score (nSPS) is 13.5. The lowest BCUT2D eigenvalue weighted by Crippen LogP contribution is -2.18. The van der Waals surface area contributed by atoms with Crippen LogP contribution in [0.4, 0.5) is 13.2 Å². The van der Waals surface area contributed by atoms with E-state index in [1.807, 2.05) is 6.92 Å². The highest BCUT2D eigenvalue weighted by molar-refractivity contribution is 5.28. The highest BCUT2D eigenvalue weighted by atomic mass is 19.4. The third kappa shape index (κ3) is 5.55. The first-order valence-corrected chi connectivity index (χ1v) is 5.07. The lowest BCUT2D eigenvalue weighted by Gasteiger charge is -2.10. The molecule has 3 nitrogen and oxygen atoms in total. The molecule has 0 saturated heterocycles. The SMILES string of the molecule is C[C@@H](N)c1ccc(OCCOC(F)(F)F)cc1. The first-order chi connectivity index (χ1) is 7.88. The molecule has 0 radical (unpaired) electrons. The Kier molecular flexibility index (Phi) is 4.77. The van der Waals surface area contributed by atoms with Crippen LogP contribution in [0.3, 0.4) is 0 Å². The van der Waals surface area contributed by atoms with Gasteiger partial charge in [-0.25, -0.2) is 0 Å². The highest BCUT2D eigenvalue weighted by Gasteiger charge is 2.28. The number of halogens is 3. The maximum atomic E-state index is 11.6. The Hall–Kier alpha value is -1.27. The summed E-state index contributed by atoms with van der Waals surface area (Å²) in [6, 6.07) is 6.77. The van der Waals surface area contributed by atoms with Crippen LogP contribution in [-0.2, 0) is 4.74 Å². The van der Waals surface area contributed by atoms with Gasteiger partial charge in [0, 0.05) is 6.04 Å². The molecule has 0 amide bonds. The number of rotatable bonds is 5. The number of ether oxygens (including phenoxy) is 2. The number of hydrogen-bond donors (Lipinski definition) is 1. The second-order valence-electron chi connectivity index (χ2n) is 3.50. The van der Waals surface area contributed by atoms with E-state index in [0.29, 0.717) is 5.75 Å². The van der Waals surface area contributed by atoms with Gasteiger partial charge in [-0.3, -0.25) is 4.74 Å². The Bertz CT molecular complexity index is 336. The van der Waals surface area contributed by atoms with Gasteiger partial charge in [-0.2, -0.15) is 0 Å². The quantitative estimate of drug-likeness (QED) is 0.816. The van der Waals surface area contributed by atoms with Gasteiger partial charge in [-0.05, 0) is 24.6 Å². The largest absolute Gasteiger partial charge is 0.522 e. The molecule has 17 heavy (non-hydrogen) atoms. The second kappa shape index (κ2) is 5.88. The molecule has 1 atom stereocenters. The van der Waals surface area contributed by atoms with Gasteiger partial charge in [0.15, 0.2) is 0 Å². The summed E-state index contributed by atoms with van der Waals surface area (Å²) in [5, 5.41) is 0. The summed E-state index contributed by atoms with van der Waals surface area (Å²) in [4.78, 5) is 0. The van der Waals surface area contributed by atoms with E-state index in [1.165, 1.54) is 0 Å². The van der Waals surface area contributed by atoms with Crippen molar-refractivity contribution in [2.45, 2.75) is 19.3 Å². The van der Waals surface area contributed by atoms with Crippen molar-refractivity contribution in [2.75, 3.05) is 13.2 Å². The van der Waals surface area contributed by atoms with E-state index in [4.69, 9.17) is 10.5 Å². The summed E-state index contributed by atoms with van der Waals surface area (Å²) in [5.41, 5.74) is 6.58. The minimum atomic E-state index is -4.61. The van der Waals surface area contributed by atoms with Gasteiger partial charge < -0.3 is 10.5 Å². The van der Waals surface area contributed by atoms with Crippen molar-refractivity contribution in [3.63, 3.8) is 0 Å². The van der Waals surface area contributed by atoms with Gasteiger partial charge in [0.2, 0.25) is 0 Å². The molecule has 6 heteroatoms. The monoisotopic (exact) mass is 249 g/mol. The predicted octanol–water partition coefficient (Wildman–Crippen LogP) is 2.62. The van der Waals surface area contributed by atoms with Crippen LogP contribution in [-0.4, -0.2) is 19.6 Å². The van der Waals surface area contributed by atoms with Crippen LogP contribution in [0, 0.1) is 0 Å². The average Bonchev–Trinajstić information content (AvgIpc) is 2.24. The van der Waals surface area contributed by atoms with Gasteiger partial charge in [0.05, 0.1) is 6.61 Å². The number of alkyl halides is 3. The van der Waals surface area contributed by atoms with E-state index in [2.05, 4.69) is 4.74 Å². The van der Waals surface area contributed by atoms with Crippen LogP contribution >= 0.6 is 0 Å². The first kappa shape index (κ1) is 13.8. The van der Waals surface area contributed by atoms with Gasteiger partial charge in [-0.15, -0.1) is 13.2 Å². The van der Waals surface area contributed by atoms with Crippen LogP contribution in [0.2, 0.25) is 0 Å². The van der Waals surface area contributed by atoms with Crippen molar-refractivity contribution in [3.05, 3.63) is 29.8 Å². The molecule has 2 N–H and O–H groups in total. The van der Waals surface area contributed by atoms with Gasteiger partial charge >= 0.3 is 6.36 Å². The Morgan fingerprint density at radius 2 is 1.76 bits per heavy atom. The maximum Gasteiger partial charge on any atom is 0.522 e. The van der Waals surface area contributed by atoms with Crippen molar-refractivity contribution in [1.29, 1.82) is 0 Å². The van der Waals surface area contributed by atoms with Crippen molar-refractivity contribution >= 4 is 0 Å². The van der Waals surface area contributed by atoms with E-state index < -0.39 is 13.0 Å². The lowest BCUT2D eigenvalue weighted by molar-refractivity contribution is -0.325. The van der Waals surface area contributed by atoms with Crippen molar-refractivity contribution in [1.82, 2.24) is 0 Å². The third-order valence-corrected chi connectivity index (χ3v) is 2.02. The van der Waals surface area contributed by atoms with Gasteiger partial charge in [-0.1, -0.05) is 12.1 Å². The summed E-state index contributed by atoms with van der Waals surface area (Å²) in [7, 11) is 0. The molecule has 0 saturated carbocycles. The minimum Gasteiger partial charge on any atom is -0.491 e. The molecular weight excluding hydrogens is 235 g/mol. The molecule has 0 bridgehead atoms. The Balaban J connectivity index is 2.33. The van der Waals surface area contributed by atoms with Crippen molar-refractivity contribution < 1.29 is 22.6 Å². The molecule has 0 fully saturated rings. The zero-order valence-corrected chi connectivity index (χ0v) is 9.33. The molecule has 0 unspecified atom stereocenters. The summed E-state index contributed by atoms with van der Waals surface area (Å²) in [5.74, 6) is 0.486. The summed E-state index contributed by atoms with van der Waals surface area (Å²) in [6.07, 6.45) is -4.61. The topological polar surface area (TPSA) is 44.5 Å². The Labute approximate surface area is 97.3 Å². The highest BCUT2D eigenvalue weighted by Crippen LogP contribution is 2.17. The molecule has 0 aliphatic heterocycles. The maximum absolute atomic E-state index is 11.6. The first-order valence-electron chi connectivity index (χ1n) is 5.07. The lowest BCUT2D eigenvalue weighted by atomic mass is 10.1. The smallest absolute Gasteiger partial charge is 0.491 e. The number of benzene rings is 1. The molecular formula is C11H14F3NO2. The Morgan fingerprint density at radius 1 is 1.18 bits per heavy atom. The van der Waals surface area contributed by atoms with E-state index in [0.717, 1.165) is 5.56 Å². The van der Waals surface area contributed by atoms with Crippen molar-refractivity contribution in [3.8, 4) is 5.75 Å². The molecule has 96 valence electrons. The molecule has 0 aliphatic carbocycles. The van der Waals surface area contributed by atoms with Crippen LogP contribution in [0.1, 0.15) is 18.5 Å². The number of nitrogens with two attached hydrogens (primary N) is 1. The fraction of sp³-hybridized carbons (Fsp3) is 0.455. The zero-order valence-electron chi connectivity index (χ0n) is 9.33. The minimum absolute atomic E-state index is 0.0855. The second-order valence-corrected chi connectivity index (χ2v) is 3.50. The molecule has 0 spiro atoms. The average molecular weight is 249 g/mol. The van der Waals surface area contributed by atoms with E-state index >= 15 is 0 Å². The summed E-state index contributed by atoms with van der Waals surface area (Å²) >= 11 is 0. The van der Waals surface area contributed by atoms with E-state index in [1.54, 1.807) is 24.3 Å². The number of hydrogen-bond acceptors (Lipinski definition) is 3. The Morgan fingerprint density at radius 3 is 2.24 bits per heavy atom. The molecule has 0 heterocycles. The standard InChI is InChI=1S/C11H14F3NO2/c1-8(15)9-2-4-10(5-3-9)16-6-7-17-11(12,13)14/h2-5,8H,6-7,15H2,1H3/t8-/m1/s1. The van der Waals surface area contributed by atoms with Crippen molar-refractivity contribution in [2.24, 2.45) is 5.73 Å².